The van der Waals surface area contributed by atoms with E-state index in [1.165, 1.54) is 0 Å². The third-order valence-electron chi connectivity index (χ3n) is 2.87. The van der Waals surface area contributed by atoms with Gasteiger partial charge in [0.2, 0.25) is 0 Å². The molecule has 0 spiro atoms. The van der Waals surface area contributed by atoms with Crippen LogP contribution >= 0.6 is 0 Å². The van der Waals surface area contributed by atoms with E-state index in [9.17, 15) is 0 Å². The van der Waals surface area contributed by atoms with E-state index in [1.54, 1.807) is 21.3 Å². The lowest BCUT2D eigenvalue weighted by molar-refractivity contribution is 0.362. The van der Waals surface area contributed by atoms with E-state index >= 15 is 0 Å². The molecule has 0 aliphatic rings. The maximum absolute atomic E-state index is 6.22. The Balaban J connectivity index is 3.08. The fourth-order valence-corrected chi connectivity index (χ4v) is 1.86. The summed E-state index contributed by atoms with van der Waals surface area (Å²) < 4.78 is 16.0. The summed E-state index contributed by atoms with van der Waals surface area (Å²) in [6, 6.07) is 3.79. The Morgan fingerprint density at radius 3 is 1.95 bits per heavy atom. The second-order valence-electron chi connectivity index (χ2n) is 4.62. The van der Waals surface area contributed by atoms with Gasteiger partial charge >= 0.3 is 0 Å². The molecule has 1 unspecified atom stereocenters. The average Bonchev–Trinajstić information content (AvgIpc) is 2.42. The van der Waals surface area contributed by atoms with E-state index < -0.39 is 0 Å². The van der Waals surface area contributed by atoms with Gasteiger partial charge in [0.05, 0.1) is 26.9 Å². The fraction of sp³-hybridized carbons (Fsp3) is 0.571. The van der Waals surface area contributed by atoms with Gasteiger partial charge in [-0.05, 0) is 0 Å². The lowest BCUT2D eigenvalue weighted by Gasteiger charge is -2.21. The minimum atomic E-state index is -0.210. The number of nitrogens with two attached hydrogens (primary N) is 1. The normalized spacial score (nSPS) is 12.4. The molecule has 0 bridgehead atoms. The Bertz CT molecular complexity index is 383. The second-order valence-corrected chi connectivity index (χ2v) is 4.62. The Morgan fingerprint density at radius 1 is 1.05 bits per heavy atom. The Labute approximate surface area is 115 Å². The van der Waals surface area contributed by atoms with Crippen LogP contribution in [0.4, 0.5) is 0 Å². The zero-order valence-electron chi connectivity index (χ0n) is 12.3. The Morgan fingerprint density at radius 2 is 1.58 bits per heavy atom. The predicted octanol–water partition coefficient (Wildman–Crippen LogP) is 1.71. The van der Waals surface area contributed by atoms with Gasteiger partial charge < -0.3 is 25.3 Å². The molecule has 3 N–H and O–H groups in total. The van der Waals surface area contributed by atoms with Gasteiger partial charge in [-0.2, -0.15) is 0 Å². The van der Waals surface area contributed by atoms with Crippen LogP contribution < -0.4 is 25.3 Å². The monoisotopic (exact) mass is 268 g/mol. The standard InChI is InChI=1S/C14H24N2O3/c1-9(2)16-8-11(15)14-12(18-4)6-10(17-3)7-13(14)19-5/h6-7,9,11,16H,8,15H2,1-5H3. The van der Waals surface area contributed by atoms with Gasteiger partial charge in [0.15, 0.2) is 0 Å². The lowest BCUT2D eigenvalue weighted by Crippen LogP contribution is -2.32. The zero-order valence-corrected chi connectivity index (χ0v) is 12.3. The molecule has 0 saturated carbocycles. The molecule has 0 aliphatic heterocycles. The van der Waals surface area contributed by atoms with Crippen molar-refractivity contribution in [3.8, 4) is 17.2 Å². The van der Waals surface area contributed by atoms with Gasteiger partial charge in [-0.15, -0.1) is 0 Å². The molecule has 5 heteroatoms. The van der Waals surface area contributed by atoms with Gasteiger partial charge in [0, 0.05) is 30.8 Å². The van der Waals surface area contributed by atoms with Gasteiger partial charge in [0.25, 0.3) is 0 Å². The van der Waals surface area contributed by atoms with E-state index in [2.05, 4.69) is 19.2 Å². The van der Waals surface area contributed by atoms with Crippen LogP contribution in [0, 0.1) is 0 Å². The Hall–Kier alpha value is -1.46. The lowest BCUT2D eigenvalue weighted by atomic mass is 10.0. The van der Waals surface area contributed by atoms with Crippen molar-refractivity contribution in [3.63, 3.8) is 0 Å². The van der Waals surface area contributed by atoms with Gasteiger partial charge in [-0.3, -0.25) is 0 Å². The smallest absolute Gasteiger partial charge is 0.131 e. The van der Waals surface area contributed by atoms with Gasteiger partial charge in [0.1, 0.15) is 17.2 Å². The number of ether oxygens (including phenoxy) is 3. The van der Waals surface area contributed by atoms with Crippen LogP contribution in [-0.2, 0) is 0 Å². The molecule has 1 rings (SSSR count). The maximum atomic E-state index is 6.22. The van der Waals surface area contributed by atoms with Crippen molar-refractivity contribution in [2.24, 2.45) is 5.73 Å². The van der Waals surface area contributed by atoms with E-state index in [1.807, 2.05) is 12.1 Å². The highest BCUT2D eigenvalue weighted by molar-refractivity contribution is 5.52. The molecule has 1 atom stereocenters. The molecule has 0 aliphatic carbocycles. The molecule has 5 nitrogen and oxygen atoms in total. The average molecular weight is 268 g/mol. The minimum absolute atomic E-state index is 0.210. The molecule has 19 heavy (non-hydrogen) atoms. The SMILES string of the molecule is COc1cc(OC)c(C(N)CNC(C)C)c(OC)c1. The predicted molar refractivity (Wildman–Crippen MR) is 76.2 cm³/mol. The molecule has 1 aromatic carbocycles. The van der Waals surface area contributed by atoms with E-state index in [-0.39, 0.29) is 6.04 Å². The third-order valence-corrected chi connectivity index (χ3v) is 2.87. The number of hydrogen-bond donors (Lipinski definition) is 2. The van der Waals surface area contributed by atoms with Gasteiger partial charge in [-0.25, -0.2) is 0 Å². The van der Waals surface area contributed by atoms with Crippen molar-refractivity contribution in [1.82, 2.24) is 5.32 Å². The molecule has 0 amide bonds. The molecule has 0 radical (unpaired) electrons. The van der Waals surface area contributed by atoms with Crippen LogP contribution in [0.3, 0.4) is 0 Å². The first-order chi connectivity index (χ1) is 9.03. The summed E-state index contributed by atoms with van der Waals surface area (Å²) in [4.78, 5) is 0. The highest BCUT2D eigenvalue weighted by Crippen LogP contribution is 2.37. The van der Waals surface area contributed by atoms with Crippen molar-refractivity contribution in [3.05, 3.63) is 17.7 Å². The fourth-order valence-electron chi connectivity index (χ4n) is 1.86. The van der Waals surface area contributed by atoms with Gasteiger partial charge in [-0.1, -0.05) is 13.8 Å². The number of nitrogens with one attached hydrogen (secondary N) is 1. The van der Waals surface area contributed by atoms with Crippen LogP contribution in [-0.4, -0.2) is 33.9 Å². The molecule has 0 aromatic heterocycles. The first-order valence-electron chi connectivity index (χ1n) is 6.32. The van der Waals surface area contributed by atoms with Crippen LogP contribution in [0.5, 0.6) is 17.2 Å². The molecular weight excluding hydrogens is 244 g/mol. The quantitative estimate of drug-likeness (QED) is 0.788. The summed E-state index contributed by atoms with van der Waals surface area (Å²) in [6.07, 6.45) is 0. The summed E-state index contributed by atoms with van der Waals surface area (Å²) in [6.45, 7) is 4.81. The molecule has 1 aromatic rings. The molecule has 0 saturated heterocycles. The van der Waals surface area contributed by atoms with Crippen LogP contribution in [0.2, 0.25) is 0 Å². The summed E-state index contributed by atoms with van der Waals surface area (Å²) in [5, 5.41) is 3.31. The minimum Gasteiger partial charge on any atom is -0.496 e. The number of rotatable bonds is 7. The number of methoxy groups -OCH3 is 3. The molecule has 108 valence electrons. The third kappa shape index (κ3) is 4.01. The van der Waals surface area contributed by atoms with Crippen LogP contribution in [0.15, 0.2) is 12.1 Å². The van der Waals surface area contributed by atoms with Crippen LogP contribution in [0.25, 0.3) is 0 Å². The summed E-state index contributed by atoms with van der Waals surface area (Å²) >= 11 is 0. The van der Waals surface area contributed by atoms with Crippen molar-refractivity contribution < 1.29 is 14.2 Å². The van der Waals surface area contributed by atoms with Crippen molar-refractivity contribution >= 4 is 0 Å². The topological polar surface area (TPSA) is 65.7 Å². The van der Waals surface area contributed by atoms with Crippen molar-refractivity contribution in [2.75, 3.05) is 27.9 Å². The van der Waals surface area contributed by atoms with Crippen molar-refractivity contribution in [1.29, 1.82) is 0 Å². The highest BCUT2D eigenvalue weighted by Gasteiger charge is 2.19. The van der Waals surface area contributed by atoms with Crippen molar-refractivity contribution in [2.45, 2.75) is 25.9 Å². The Kier molecular flexibility index (Phi) is 5.92. The molecule has 0 heterocycles. The van der Waals surface area contributed by atoms with E-state index in [0.29, 0.717) is 29.8 Å². The summed E-state index contributed by atoms with van der Waals surface area (Å²) in [5.41, 5.74) is 7.07. The van der Waals surface area contributed by atoms with Crippen LogP contribution in [0.1, 0.15) is 25.5 Å². The second kappa shape index (κ2) is 7.21. The highest BCUT2D eigenvalue weighted by atomic mass is 16.5. The maximum Gasteiger partial charge on any atom is 0.131 e. The molecule has 0 fully saturated rings. The van der Waals surface area contributed by atoms with E-state index in [4.69, 9.17) is 19.9 Å². The van der Waals surface area contributed by atoms with E-state index in [0.717, 1.165) is 5.56 Å². The summed E-state index contributed by atoms with van der Waals surface area (Å²) in [7, 11) is 4.83. The first-order valence-corrected chi connectivity index (χ1v) is 6.32. The molecular formula is C14H24N2O3. The zero-order chi connectivity index (χ0) is 14.4. The number of hydrogen-bond acceptors (Lipinski definition) is 5. The first kappa shape index (κ1) is 15.6. The largest absolute Gasteiger partial charge is 0.496 e. The number of benzene rings is 1. The summed E-state index contributed by atoms with van der Waals surface area (Å²) in [5.74, 6) is 2.03.